The SMILES string of the molecule is COCP(=O)(S)Cc1ccc2cccc(C(=O)OC(C)(C)C)c2c1. The highest BCUT2D eigenvalue weighted by atomic mass is 32.7. The van der Waals surface area contributed by atoms with Crippen LogP contribution in [0.3, 0.4) is 0 Å². The van der Waals surface area contributed by atoms with Crippen LogP contribution in [0.4, 0.5) is 0 Å². The van der Waals surface area contributed by atoms with E-state index in [0.29, 0.717) is 11.7 Å². The van der Waals surface area contributed by atoms with Crippen molar-refractivity contribution in [2.24, 2.45) is 0 Å². The number of ether oxygens (including phenoxy) is 2. The van der Waals surface area contributed by atoms with Gasteiger partial charge in [-0.3, -0.25) is 0 Å². The van der Waals surface area contributed by atoms with Gasteiger partial charge in [-0.15, -0.1) is 12.2 Å². The van der Waals surface area contributed by atoms with Crippen molar-refractivity contribution in [2.75, 3.05) is 13.5 Å². The second-order valence-corrected chi connectivity index (χ2v) is 11.2. The van der Waals surface area contributed by atoms with Crippen LogP contribution in [0.1, 0.15) is 36.7 Å². The quantitative estimate of drug-likeness (QED) is 0.454. The fourth-order valence-corrected chi connectivity index (χ4v) is 4.56. The van der Waals surface area contributed by atoms with Crippen LogP contribution < -0.4 is 0 Å². The van der Waals surface area contributed by atoms with Crippen LogP contribution >= 0.6 is 18.6 Å². The number of carbonyl (C=O) groups excluding carboxylic acids is 1. The molecule has 1 atom stereocenters. The first-order valence-electron chi connectivity index (χ1n) is 7.66. The number of hydrogen-bond donors (Lipinski definition) is 1. The number of rotatable bonds is 5. The van der Waals surface area contributed by atoms with Gasteiger partial charge in [-0.2, -0.15) is 0 Å². The summed E-state index contributed by atoms with van der Waals surface area (Å²) in [4.78, 5) is 12.5. The van der Waals surface area contributed by atoms with Crippen LogP contribution in [0, 0.1) is 0 Å². The Labute approximate surface area is 148 Å². The second-order valence-electron chi connectivity index (χ2n) is 6.79. The summed E-state index contributed by atoms with van der Waals surface area (Å²) in [5.41, 5.74) is 0.801. The van der Waals surface area contributed by atoms with Crippen LogP contribution in [0.15, 0.2) is 36.4 Å². The van der Waals surface area contributed by atoms with Crippen molar-refractivity contribution >= 4 is 35.3 Å². The van der Waals surface area contributed by atoms with E-state index < -0.39 is 11.9 Å². The van der Waals surface area contributed by atoms with Crippen LogP contribution in [-0.4, -0.2) is 25.0 Å². The molecule has 4 nitrogen and oxygen atoms in total. The van der Waals surface area contributed by atoms with Gasteiger partial charge in [-0.05, 0) is 49.2 Å². The van der Waals surface area contributed by atoms with Crippen LogP contribution in [0.25, 0.3) is 10.8 Å². The lowest BCUT2D eigenvalue weighted by molar-refractivity contribution is 0.00718. The topological polar surface area (TPSA) is 52.6 Å². The van der Waals surface area contributed by atoms with Crippen molar-refractivity contribution in [3.8, 4) is 0 Å². The molecule has 0 saturated heterocycles. The van der Waals surface area contributed by atoms with Gasteiger partial charge in [0.1, 0.15) is 11.9 Å². The molecule has 1 unspecified atom stereocenters. The zero-order valence-corrected chi connectivity index (χ0v) is 16.2. The van der Waals surface area contributed by atoms with Crippen LogP contribution in [0.5, 0.6) is 0 Å². The summed E-state index contributed by atoms with van der Waals surface area (Å²) in [7, 11) is 1.50. The average molecular weight is 366 g/mol. The van der Waals surface area contributed by atoms with E-state index in [-0.39, 0.29) is 12.3 Å². The predicted octanol–water partition coefficient (Wildman–Crippen LogP) is 5.11. The minimum absolute atomic E-state index is 0.113. The number of esters is 1. The summed E-state index contributed by atoms with van der Waals surface area (Å²) in [6.45, 7) is 5.51. The van der Waals surface area contributed by atoms with Crippen molar-refractivity contribution in [3.63, 3.8) is 0 Å². The Morgan fingerprint density at radius 3 is 2.54 bits per heavy atom. The zero-order chi connectivity index (χ0) is 18.0. The molecule has 6 heteroatoms. The molecule has 0 radical (unpaired) electrons. The third-order valence-corrected chi connectivity index (χ3v) is 5.62. The van der Waals surface area contributed by atoms with Gasteiger partial charge >= 0.3 is 5.97 Å². The second kappa shape index (κ2) is 7.30. The van der Waals surface area contributed by atoms with Gasteiger partial charge in [-0.1, -0.05) is 24.3 Å². The molecule has 2 rings (SSSR count). The number of fused-ring (bicyclic) bond motifs is 1. The van der Waals surface area contributed by atoms with Gasteiger partial charge in [0.2, 0.25) is 0 Å². The van der Waals surface area contributed by atoms with Gasteiger partial charge in [-0.25, -0.2) is 4.79 Å². The molecule has 0 spiro atoms. The molecule has 0 N–H and O–H groups in total. The molecule has 130 valence electrons. The molecule has 0 bridgehead atoms. The lowest BCUT2D eigenvalue weighted by Crippen LogP contribution is -2.24. The predicted molar refractivity (Wildman–Crippen MR) is 101 cm³/mol. The molecule has 0 amide bonds. The summed E-state index contributed by atoms with van der Waals surface area (Å²) in [5, 5.41) is 1.72. The normalized spacial score (nSPS) is 14.4. The van der Waals surface area contributed by atoms with Crippen molar-refractivity contribution < 1.29 is 18.8 Å². The fraction of sp³-hybridized carbons (Fsp3) is 0.389. The Balaban J connectivity index is 2.42. The van der Waals surface area contributed by atoms with E-state index in [2.05, 4.69) is 12.2 Å². The number of hydrogen-bond acceptors (Lipinski definition) is 4. The Hall–Kier alpha value is -1.29. The van der Waals surface area contributed by atoms with Crippen molar-refractivity contribution in [3.05, 3.63) is 47.5 Å². The summed E-state index contributed by atoms with van der Waals surface area (Å²) >= 11 is 4.23. The van der Waals surface area contributed by atoms with Gasteiger partial charge in [0.05, 0.1) is 5.56 Å². The van der Waals surface area contributed by atoms with E-state index in [4.69, 9.17) is 9.47 Å². The first-order chi connectivity index (χ1) is 11.1. The highest BCUT2D eigenvalue weighted by Gasteiger charge is 2.21. The maximum atomic E-state index is 12.5. The number of carbonyl (C=O) groups is 1. The molecule has 2 aromatic carbocycles. The molecule has 0 aromatic heterocycles. The lowest BCUT2D eigenvalue weighted by atomic mass is 10.0. The van der Waals surface area contributed by atoms with E-state index in [1.807, 2.05) is 51.1 Å². The van der Waals surface area contributed by atoms with Gasteiger partial charge in [0.15, 0.2) is 6.34 Å². The molecule has 0 fully saturated rings. The Morgan fingerprint density at radius 2 is 1.92 bits per heavy atom. The van der Waals surface area contributed by atoms with E-state index in [1.54, 1.807) is 6.07 Å². The molecule has 2 aromatic rings. The van der Waals surface area contributed by atoms with Crippen LogP contribution in [0.2, 0.25) is 0 Å². The van der Waals surface area contributed by atoms with E-state index in [0.717, 1.165) is 16.3 Å². The largest absolute Gasteiger partial charge is 0.456 e. The highest BCUT2D eigenvalue weighted by molar-refractivity contribution is 8.47. The molecule has 0 heterocycles. The van der Waals surface area contributed by atoms with Crippen molar-refractivity contribution in [1.82, 2.24) is 0 Å². The molecular formula is C18H23O4PS. The number of benzene rings is 2. The standard InChI is InChI=1S/C18H23O4PS/c1-18(2,3)22-17(19)15-7-5-6-14-9-8-13(10-16(14)15)11-23(20,24)12-21-4/h5-10H,11-12H2,1-4H3,(H,20,24). The molecule has 0 aliphatic rings. The smallest absolute Gasteiger partial charge is 0.339 e. The van der Waals surface area contributed by atoms with Gasteiger partial charge in [0.25, 0.3) is 0 Å². The maximum absolute atomic E-state index is 12.5. The third kappa shape index (κ3) is 5.10. The molecule has 24 heavy (non-hydrogen) atoms. The van der Waals surface area contributed by atoms with Gasteiger partial charge in [0, 0.05) is 13.3 Å². The van der Waals surface area contributed by atoms with Crippen molar-refractivity contribution in [1.29, 1.82) is 0 Å². The Bertz CT molecular complexity index is 795. The summed E-state index contributed by atoms with van der Waals surface area (Å²) < 4.78 is 22.8. The highest BCUT2D eigenvalue weighted by Crippen LogP contribution is 2.53. The van der Waals surface area contributed by atoms with E-state index >= 15 is 0 Å². The van der Waals surface area contributed by atoms with E-state index in [1.165, 1.54) is 7.11 Å². The minimum Gasteiger partial charge on any atom is -0.456 e. The van der Waals surface area contributed by atoms with Crippen LogP contribution in [-0.2, 0) is 20.2 Å². The third-order valence-electron chi connectivity index (χ3n) is 3.33. The fourth-order valence-electron chi connectivity index (χ4n) is 2.46. The summed E-state index contributed by atoms with van der Waals surface area (Å²) in [6.07, 6.45) is -2.29. The molecule has 0 aliphatic heterocycles. The lowest BCUT2D eigenvalue weighted by Gasteiger charge is -2.20. The Kier molecular flexibility index (Phi) is 5.79. The summed E-state index contributed by atoms with van der Waals surface area (Å²) in [5.74, 6) is -0.365. The molecule has 0 aliphatic carbocycles. The first-order valence-corrected chi connectivity index (χ1v) is 10.9. The summed E-state index contributed by atoms with van der Waals surface area (Å²) in [6, 6.07) is 11.2. The van der Waals surface area contributed by atoms with Gasteiger partial charge < -0.3 is 14.0 Å². The average Bonchev–Trinajstić information content (AvgIpc) is 2.44. The van der Waals surface area contributed by atoms with E-state index in [9.17, 15) is 9.36 Å². The number of methoxy groups -OCH3 is 1. The minimum atomic E-state index is -2.71. The first kappa shape index (κ1) is 19.0. The molecular weight excluding hydrogens is 343 g/mol. The zero-order valence-electron chi connectivity index (χ0n) is 14.4. The maximum Gasteiger partial charge on any atom is 0.339 e. The van der Waals surface area contributed by atoms with Crippen molar-refractivity contribution in [2.45, 2.75) is 32.5 Å². The monoisotopic (exact) mass is 366 g/mol. The number of thiol groups is 1. The molecule has 0 saturated carbocycles. The Morgan fingerprint density at radius 1 is 1.21 bits per heavy atom.